The van der Waals surface area contributed by atoms with E-state index in [9.17, 15) is 4.79 Å². The maximum atomic E-state index is 12.5. The van der Waals surface area contributed by atoms with Crippen molar-refractivity contribution in [2.75, 3.05) is 19.6 Å². The molecule has 0 aromatic heterocycles. The summed E-state index contributed by atoms with van der Waals surface area (Å²) < 4.78 is 0. The Balaban J connectivity index is 1.26. The van der Waals surface area contributed by atoms with Crippen molar-refractivity contribution in [2.24, 2.45) is 0 Å². The molecule has 1 amide bonds. The van der Waals surface area contributed by atoms with E-state index in [4.69, 9.17) is 0 Å². The van der Waals surface area contributed by atoms with Crippen LogP contribution in [0.3, 0.4) is 0 Å². The zero-order valence-corrected chi connectivity index (χ0v) is 19.3. The van der Waals surface area contributed by atoms with Crippen molar-refractivity contribution in [3.63, 3.8) is 0 Å². The van der Waals surface area contributed by atoms with E-state index in [0.717, 1.165) is 12.0 Å². The van der Waals surface area contributed by atoms with Gasteiger partial charge in [0.2, 0.25) is 0 Å². The third-order valence-electron chi connectivity index (χ3n) is 6.63. The van der Waals surface area contributed by atoms with Crippen molar-refractivity contribution in [1.82, 2.24) is 10.2 Å². The summed E-state index contributed by atoms with van der Waals surface area (Å²) in [6.07, 6.45) is 4.84. The van der Waals surface area contributed by atoms with Crippen LogP contribution in [0.5, 0.6) is 0 Å². The van der Waals surface area contributed by atoms with Crippen LogP contribution in [-0.4, -0.2) is 30.4 Å². The Bertz CT molecular complexity index is 1000. The molecular formula is C29H34N2O. The van der Waals surface area contributed by atoms with Crippen molar-refractivity contribution in [2.45, 2.75) is 45.6 Å². The molecule has 1 aliphatic rings. The zero-order valence-electron chi connectivity index (χ0n) is 19.3. The molecule has 1 fully saturated rings. The Labute approximate surface area is 192 Å². The van der Waals surface area contributed by atoms with Crippen molar-refractivity contribution < 1.29 is 4.79 Å². The average molecular weight is 427 g/mol. The lowest BCUT2D eigenvalue weighted by atomic mass is 10.0. The van der Waals surface area contributed by atoms with Crippen LogP contribution in [0.4, 0.5) is 0 Å². The second-order valence-corrected chi connectivity index (χ2v) is 8.96. The fourth-order valence-corrected chi connectivity index (χ4v) is 4.46. The van der Waals surface area contributed by atoms with Gasteiger partial charge in [0.05, 0.1) is 0 Å². The summed E-state index contributed by atoms with van der Waals surface area (Å²) in [5.74, 6) is -0.0178. The van der Waals surface area contributed by atoms with Gasteiger partial charge in [0, 0.05) is 18.2 Å². The number of amides is 1. The van der Waals surface area contributed by atoms with Gasteiger partial charge in [-0.3, -0.25) is 9.69 Å². The Morgan fingerprint density at radius 2 is 1.44 bits per heavy atom. The maximum absolute atomic E-state index is 12.5. The fourth-order valence-electron chi connectivity index (χ4n) is 4.46. The lowest BCUT2D eigenvalue weighted by Crippen LogP contribution is -2.32. The van der Waals surface area contributed by atoms with Crippen LogP contribution >= 0.6 is 0 Å². The Morgan fingerprint density at radius 3 is 2.06 bits per heavy atom. The molecular weight excluding hydrogens is 392 g/mol. The van der Waals surface area contributed by atoms with Gasteiger partial charge in [-0.05, 0) is 80.6 Å². The van der Waals surface area contributed by atoms with Gasteiger partial charge in [-0.15, -0.1) is 0 Å². The van der Waals surface area contributed by atoms with E-state index >= 15 is 0 Å². The molecule has 166 valence electrons. The summed E-state index contributed by atoms with van der Waals surface area (Å²) >= 11 is 0. The second kappa shape index (κ2) is 10.6. The van der Waals surface area contributed by atoms with Crippen molar-refractivity contribution >= 4 is 5.91 Å². The first-order valence-electron chi connectivity index (χ1n) is 11.9. The number of hydrogen-bond acceptors (Lipinski definition) is 2. The SMILES string of the molecule is Cc1ccc(-c2ccc(C(=O)NCCc3ccc(C(C)N4CCCCC4)cc3)cc2)cc1. The second-order valence-electron chi connectivity index (χ2n) is 8.96. The minimum absolute atomic E-state index is 0.0178. The monoisotopic (exact) mass is 426 g/mol. The highest BCUT2D eigenvalue weighted by Crippen LogP contribution is 2.24. The molecule has 3 aromatic rings. The largest absolute Gasteiger partial charge is 0.352 e. The standard InChI is InChI=1S/C29H34N2O/c1-22-6-10-26(11-7-22)27-14-16-28(17-15-27)29(32)30-19-18-24-8-12-25(13-9-24)23(2)31-20-4-3-5-21-31/h6-17,23H,3-5,18-21H2,1-2H3,(H,30,32). The molecule has 1 atom stereocenters. The highest BCUT2D eigenvalue weighted by Gasteiger charge is 2.17. The van der Waals surface area contributed by atoms with Crippen molar-refractivity contribution in [1.29, 1.82) is 0 Å². The van der Waals surface area contributed by atoms with E-state index in [1.807, 2.05) is 24.3 Å². The molecule has 1 heterocycles. The third kappa shape index (κ3) is 5.66. The van der Waals surface area contributed by atoms with Crippen LogP contribution in [-0.2, 0) is 6.42 Å². The first-order valence-corrected chi connectivity index (χ1v) is 11.9. The fraction of sp³-hybridized carbons (Fsp3) is 0.345. The Kier molecular flexibility index (Phi) is 7.39. The predicted octanol–water partition coefficient (Wildman–Crippen LogP) is 6.18. The van der Waals surface area contributed by atoms with Crippen LogP contribution in [0.15, 0.2) is 72.8 Å². The van der Waals surface area contributed by atoms with E-state index in [2.05, 4.69) is 72.6 Å². The summed E-state index contributed by atoms with van der Waals surface area (Å²) in [6, 6.07) is 25.7. The lowest BCUT2D eigenvalue weighted by Gasteiger charge is -2.32. The molecule has 1 unspecified atom stereocenters. The van der Waals surface area contributed by atoms with Crippen LogP contribution < -0.4 is 5.32 Å². The summed E-state index contributed by atoms with van der Waals surface area (Å²) in [4.78, 5) is 15.1. The number of benzene rings is 3. The zero-order chi connectivity index (χ0) is 22.3. The average Bonchev–Trinajstić information content (AvgIpc) is 2.85. The number of aryl methyl sites for hydroxylation is 1. The van der Waals surface area contributed by atoms with Gasteiger partial charge in [-0.2, -0.15) is 0 Å². The molecule has 3 heteroatoms. The summed E-state index contributed by atoms with van der Waals surface area (Å²) in [5.41, 5.74) is 6.88. The van der Waals surface area contributed by atoms with Gasteiger partial charge in [0.15, 0.2) is 0 Å². The maximum Gasteiger partial charge on any atom is 0.251 e. The predicted molar refractivity (Wildman–Crippen MR) is 133 cm³/mol. The molecule has 0 bridgehead atoms. The molecule has 0 spiro atoms. The molecule has 1 N–H and O–H groups in total. The highest BCUT2D eigenvalue weighted by molar-refractivity contribution is 5.94. The summed E-state index contributed by atoms with van der Waals surface area (Å²) in [7, 11) is 0. The topological polar surface area (TPSA) is 32.3 Å². The number of carbonyl (C=O) groups excluding carboxylic acids is 1. The molecule has 0 radical (unpaired) electrons. The van der Waals surface area contributed by atoms with E-state index < -0.39 is 0 Å². The number of piperidine rings is 1. The first-order chi connectivity index (χ1) is 15.6. The third-order valence-corrected chi connectivity index (χ3v) is 6.63. The molecule has 1 aliphatic heterocycles. The highest BCUT2D eigenvalue weighted by atomic mass is 16.1. The van der Waals surface area contributed by atoms with E-state index in [-0.39, 0.29) is 5.91 Å². The van der Waals surface area contributed by atoms with Gasteiger partial charge in [0.25, 0.3) is 5.91 Å². The minimum Gasteiger partial charge on any atom is -0.352 e. The lowest BCUT2D eigenvalue weighted by molar-refractivity contribution is 0.0954. The minimum atomic E-state index is -0.0178. The van der Waals surface area contributed by atoms with Crippen LogP contribution in [0.25, 0.3) is 11.1 Å². The van der Waals surface area contributed by atoms with Crippen molar-refractivity contribution in [3.05, 3.63) is 95.1 Å². The van der Waals surface area contributed by atoms with Crippen LogP contribution in [0.2, 0.25) is 0 Å². The van der Waals surface area contributed by atoms with Crippen molar-refractivity contribution in [3.8, 4) is 11.1 Å². The summed E-state index contributed by atoms with van der Waals surface area (Å²) in [6.45, 7) is 7.45. The van der Waals surface area contributed by atoms with E-state index in [0.29, 0.717) is 18.2 Å². The van der Waals surface area contributed by atoms with Gasteiger partial charge in [0.1, 0.15) is 0 Å². The molecule has 32 heavy (non-hydrogen) atoms. The molecule has 0 saturated carbocycles. The number of likely N-dealkylation sites (tertiary alicyclic amines) is 1. The number of nitrogens with zero attached hydrogens (tertiary/aromatic N) is 1. The molecule has 3 nitrogen and oxygen atoms in total. The van der Waals surface area contributed by atoms with Gasteiger partial charge < -0.3 is 5.32 Å². The van der Waals surface area contributed by atoms with E-state index in [1.165, 1.54) is 54.6 Å². The molecule has 3 aromatic carbocycles. The molecule has 1 saturated heterocycles. The van der Waals surface area contributed by atoms with Crippen LogP contribution in [0.1, 0.15) is 59.3 Å². The van der Waals surface area contributed by atoms with Gasteiger partial charge in [-0.1, -0.05) is 72.6 Å². The quantitative estimate of drug-likeness (QED) is 0.489. The number of nitrogens with one attached hydrogen (secondary N) is 1. The normalized spacial score (nSPS) is 15.3. The van der Waals surface area contributed by atoms with Crippen LogP contribution in [0, 0.1) is 6.92 Å². The number of hydrogen-bond donors (Lipinski definition) is 1. The molecule has 4 rings (SSSR count). The molecule has 0 aliphatic carbocycles. The number of carbonyl (C=O) groups is 1. The summed E-state index contributed by atoms with van der Waals surface area (Å²) in [5, 5.41) is 3.06. The Hall–Kier alpha value is -2.91. The van der Waals surface area contributed by atoms with Gasteiger partial charge >= 0.3 is 0 Å². The number of rotatable bonds is 7. The van der Waals surface area contributed by atoms with E-state index in [1.54, 1.807) is 0 Å². The first kappa shape index (κ1) is 22.3. The van der Waals surface area contributed by atoms with Gasteiger partial charge in [-0.25, -0.2) is 0 Å². The Morgan fingerprint density at radius 1 is 0.844 bits per heavy atom. The smallest absolute Gasteiger partial charge is 0.251 e.